The van der Waals surface area contributed by atoms with Gasteiger partial charge in [-0.3, -0.25) is 9.59 Å². The van der Waals surface area contributed by atoms with Gasteiger partial charge in [0.25, 0.3) is 5.91 Å². The minimum atomic E-state index is -0.0173. The van der Waals surface area contributed by atoms with E-state index < -0.39 is 0 Å². The number of nitrogens with zero attached hydrogens (tertiary/aromatic N) is 1. The van der Waals surface area contributed by atoms with E-state index in [2.05, 4.69) is 10.6 Å². The molecule has 2 fully saturated rings. The average Bonchev–Trinajstić information content (AvgIpc) is 3.14. The Balaban J connectivity index is 0.00000243. The quantitative estimate of drug-likeness (QED) is 0.792. The number of hydrogen-bond acceptors (Lipinski definition) is 3. The molecule has 1 aromatic carbocycles. The first-order valence-electron chi connectivity index (χ1n) is 9.23. The van der Waals surface area contributed by atoms with Crippen LogP contribution >= 0.6 is 24.0 Å². The molecule has 0 radical (unpaired) electrons. The molecule has 2 N–H and O–H groups in total. The lowest BCUT2D eigenvalue weighted by Gasteiger charge is -2.27. The molecule has 5 nitrogen and oxygen atoms in total. The third-order valence-corrected chi connectivity index (χ3v) is 5.38. The van der Waals surface area contributed by atoms with Gasteiger partial charge in [0.15, 0.2) is 0 Å². The first kappa shape index (κ1) is 21.0. The van der Waals surface area contributed by atoms with Gasteiger partial charge in [-0.2, -0.15) is 0 Å². The molecule has 2 saturated heterocycles. The molecule has 0 saturated carbocycles. The summed E-state index contributed by atoms with van der Waals surface area (Å²) >= 11 is 6.30. The SMILES string of the molecule is Cl.O=C(CCC1CCNC1)Nc1ccc(C(=O)N2CCCCC2)c(Cl)c1. The fourth-order valence-electron chi connectivity index (χ4n) is 3.55. The lowest BCUT2D eigenvalue weighted by Crippen LogP contribution is -2.35. The summed E-state index contributed by atoms with van der Waals surface area (Å²) in [5.41, 5.74) is 1.16. The summed E-state index contributed by atoms with van der Waals surface area (Å²) in [4.78, 5) is 26.5. The van der Waals surface area contributed by atoms with Crippen LogP contribution in [0.2, 0.25) is 5.02 Å². The molecule has 0 bridgehead atoms. The van der Waals surface area contributed by atoms with Gasteiger partial charge in [-0.05, 0) is 69.3 Å². The van der Waals surface area contributed by atoms with Gasteiger partial charge in [0.2, 0.25) is 5.91 Å². The predicted molar refractivity (Wildman–Crippen MR) is 107 cm³/mol. The summed E-state index contributed by atoms with van der Waals surface area (Å²) in [6.07, 6.45) is 5.84. The van der Waals surface area contributed by atoms with E-state index in [1.165, 1.54) is 6.42 Å². The Bertz CT molecular complexity index is 627. The van der Waals surface area contributed by atoms with E-state index in [0.717, 1.165) is 51.9 Å². The molecule has 2 aliphatic rings. The topological polar surface area (TPSA) is 61.4 Å². The Morgan fingerprint density at radius 2 is 2.00 bits per heavy atom. The molecule has 0 aromatic heterocycles. The second-order valence-electron chi connectivity index (χ2n) is 6.99. The van der Waals surface area contributed by atoms with Gasteiger partial charge in [-0.1, -0.05) is 11.6 Å². The number of anilines is 1. The van der Waals surface area contributed by atoms with E-state index in [0.29, 0.717) is 28.6 Å². The summed E-state index contributed by atoms with van der Waals surface area (Å²) in [5.74, 6) is 0.577. The van der Waals surface area contributed by atoms with Gasteiger partial charge < -0.3 is 15.5 Å². The first-order valence-corrected chi connectivity index (χ1v) is 9.60. The van der Waals surface area contributed by atoms with Gasteiger partial charge >= 0.3 is 0 Å². The van der Waals surface area contributed by atoms with Crippen LogP contribution in [0.15, 0.2) is 18.2 Å². The molecule has 3 rings (SSSR count). The maximum absolute atomic E-state index is 12.6. The number of benzene rings is 1. The van der Waals surface area contributed by atoms with Crippen LogP contribution in [0, 0.1) is 5.92 Å². The number of rotatable bonds is 5. The monoisotopic (exact) mass is 399 g/mol. The highest BCUT2D eigenvalue weighted by molar-refractivity contribution is 6.34. The summed E-state index contributed by atoms with van der Waals surface area (Å²) in [7, 11) is 0. The molecule has 1 aromatic rings. The Morgan fingerprint density at radius 1 is 1.23 bits per heavy atom. The molecule has 0 spiro atoms. The Hall–Kier alpha value is -1.30. The van der Waals surface area contributed by atoms with Gasteiger partial charge in [0.1, 0.15) is 0 Å². The molecular weight excluding hydrogens is 373 g/mol. The molecule has 0 aliphatic carbocycles. The van der Waals surface area contributed by atoms with Crippen LogP contribution in [0.4, 0.5) is 5.69 Å². The average molecular weight is 400 g/mol. The second-order valence-corrected chi connectivity index (χ2v) is 7.40. The van der Waals surface area contributed by atoms with Crippen molar-refractivity contribution in [1.29, 1.82) is 0 Å². The first-order chi connectivity index (χ1) is 12.1. The van der Waals surface area contributed by atoms with Crippen LogP contribution in [-0.4, -0.2) is 42.9 Å². The zero-order chi connectivity index (χ0) is 17.6. The zero-order valence-corrected chi connectivity index (χ0v) is 16.5. The normalized spacial score (nSPS) is 19.7. The van der Waals surface area contributed by atoms with Crippen molar-refractivity contribution in [2.45, 2.75) is 38.5 Å². The van der Waals surface area contributed by atoms with E-state index in [-0.39, 0.29) is 24.2 Å². The van der Waals surface area contributed by atoms with Crippen LogP contribution in [-0.2, 0) is 4.79 Å². The summed E-state index contributed by atoms with van der Waals surface area (Å²) in [5, 5.41) is 6.59. The maximum atomic E-state index is 12.6. The number of halogens is 2. The van der Waals surface area contributed by atoms with Crippen LogP contribution in [0.25, 0.3) is 0 Å². The second kappa shape index (κ2) is 10.1. The summed E-state index contributed by atoms with van der Waals surface area (Å²) in [6, 6.07) is 5.15. The van der Waals surface area contributed by atoms with Crippen molar-refractivity contribution in [3.05, 3.63) is 28.8 Å². The maximum Gasteiger partial charge on any atom is 0.255 e. The van der Waals surface area contributed by atoms with Gasteiger partial charge in [-0.15, -0.1) is 12.4 Å². The van der Waals surface area contributed by atoms with E-state index in [1.54, 1.807) is 18.2 Å². The minimum absolute atomic E-state index is 0. The molecule has 26 heavy (non-hydrogen) atoms. The number of amides is 2. The highest BCUT2D eigenvalue weighted by atomic mass is 35.5. The van der Waals surface area contributed by atoms with Crippen molar-refractivity contribution in [2.75, 3.05) is 31.5 Å². The van der Waals surface area contributed by atoms with Gasteiger partial charge in [0, 0.05) is 25.2 Å². The fraction of sp³-hybridized carbons (Fsp3) is 0.579. The van der Waals surface area contributed by atoms with E-state index in [1.807, 2.05) is 4.90 Å². The molecule has 144 valence electrons. The molecule has 7 heteroatoms. The van der Waals surface area contributed by atoms with Crippen LogP contribution in [0.5, 0.6) is 0 Å². The third-order valence-electron chi connectivity index (χ3n) is 5.07. The zero-order valence-electron chi connectivity index (χ0n) is 14.9. The Morgan fingerprint density at radius 3 is 2.65 bits per heavy atom. The molecule has 2 amide bonds. The number of carbonyl (C=O) groups excluding carboxylic acids is 2. The highest BCUT2D eigenvalue weighted by Gasteiger charge is 2.21. The van der Waals surface area contributed by atoms with Crippen LogP contribution < -0.4 is 10.6 Å². The fourth-order valence-corrected chi connectivity index (χ4v) is 3.81. The van der Waals surface area contributed by atoms with Gasteiger partial charge in [-0.25, -0.2) is 0 Å². The third kappa shape index (κ3) is 5.60. The van der Waals surface area contributed by atoms with E-state index in [4.69, 9.17) is 11.6 Å². The number of carbonyl (C=O) groups is 2. The van der Waals surface area contributed by atoms with Crippen molar-refractivity contribution < 1.29 is 9.59 Å². The lowest BCUT2D eigenvalue weighted by atomic mass is 10.0. The summed E-state index contributed by atoms with van der Waals surface area (Å²) in [6.45, 7) is 3.65. The lowest BCUT2D eigenvalue weighted by molar-refractivity contribution is -0.116. The van der Waals surface area contributed by atoms with Crippen LogP contribution in [0.1, 0.15) is 48.9 Å². The number of hydrogen-bond donors (Lipinski definition) is 2. The Labute approximate surface area is 166 Å². The molecule has 2 aliphatic heterocycles. The number of likely N-dealkylation sites (tertiary alicyclic amines) is 1. The number of piperidine rings is 1. The largest absolute Gasteiger partial charge is 0.339 e. The van der Waals surface area contributed by atoms with Crippen LogP contribution in [0.3, 0.4) is 0 Å². The van der Waals surface area contributed by atoms with Crippen molar-refractivity contribution >= 4 is 41.5 Å². The smallest absolute Gasteiger partial charge is 0.255 e. The van der Waals surface area contributed by atoms with E-state index in [9.17, 15) is 9.59 Å². The molecule has 1 unspecified atom stereocenters. The van der Waals surface area contributed by atoms with Crippen molar-refractivity contribution in [3.8, 4) is 0 Å². The highest BCUT2D eigenvalue weighted by Crippen LogP contribution is 2.24. The standard InChI is InChI=1S/C19H26ClN3O2.ClH/c20-17-12-15(22-18(24)7-4-14-8-9-21-13-14)5-6-16(17)19(25)23-10-2-1-3-11-23;/h5-6,12,14,21H,1-4,7-11,13H2,(H,22,24);1H. The Kier molecular flexibility index (Phi) is 8.19. The molecule has 1 atom stereocenters. The molecule has 2 heterocycles. The van der Waals surface area contributed by atoms with Crippen molar-refractivity contribution in [3.63, 3.8) is 0 Å². The minimum Gasteiger partial charge on any atom is -0.339 e. The number of nitrogens with one attached hydrogen (secondary N) is 2. The predicted octanol–water partition coefficient (Wildman–Crippen LogP) is 3.72. The van der Waals surface area contributed by atoms with Crippen molar-refractivity contribution in [2.24, 2.45) is 5.92 Å². The summed E-state index contributed by atoms with van der Waals surface area (Å²) < 4.78 is 0. The van der Waals surface area contributed by atoms with Gasteiger partial charge in [0.05, 0.1) is 10.6 Å². The van der Waals surface area contributed by atoms with E-state index >= 15 is 0 Å². The van der Waals surface area contributed by atoms with Crippen molar-refractivity contribution in [1.82, 2.24) is 10.2 Å². The molecular formula is C19H27Cl2N3O2.